The number of H-pyrrole nitrogens is 1. The maximum Gasteiger partial charge on any atom is 0.251 e. The highest BCUT2D eigenvalue weighted by molar-refractivity contribution is 7.98. The van der Waals surface area contributed by atoms with Crippen molar-refractivity contribution in [1.82, 2.24) is 20.5 Å². The van der Waals surface area contributed by atoms with Crippen LogP contribution in [0.1, 0.15) is 27.3 Å². The second-order valence-electron chi connectivity index (χ2n) is 5.68. The van der Waals surface area contributed by atoms with Gasteiger partial charge >= 0.3 is 0 Å². The number of aromatic amines is 1. The molecule has 0 aliphatic carbocycles. The maximum absolute atomic E-state index is 12.3. The highest BCUT2D eigenvalue weighted by Gasteiger charge is 2.07. The van der Waals surface area contributed by atoms with E-state index in [2.05, 4.69) is 32.6 Å². The first kappa shape index (κ1) is 17.2. The number of nitrogens with one attached hydrogen (secondary N) is 2. The van der Waals surface area contributed by atoms with E-state index in [1.165, 1.54) is 5.56 Å². The quantitative estimate of drug-likeness (QED) is 0.640. The van der Waals surface area contributed by atoms with Crippen LogP contribution in [0, 0.1) is 6.92 Å². The van der Waals surface area contributed by atoms with Crippen molar-refractivity contribution in [3.63, 3.8) is 0 Å². The van der Waals surface area contributed by atoms with Gasteiger partial charge in [-0.25, -0.2) is 4.98 Å². The van der Waals surface area contributed by atoms with Crippen molar-refractivity contribution >= 4 is 17.7 Å². The fourth-order valence-corrected chi connectivity index (χ4v) is 3.19. The Kier molecular flexibility index (Phi) is 5.85. The first-order valence-corrected chi connectivity index (χ1v) is 9.12. The number of amides is 1. The first-order valence-electron chi connectivity index (χ1n) is 8.13. The fraction of sp³-hybridized carbons (Fsp3) is 0.211. The SMILES string of the molecule is Cc1nc(SCc2cccc(C(=O)NCCc3ccccc3)c2)n[nH]1. The van der Waals surface area contributed by atoms with Crippen LogP contribution in [0.4, 0.5) is 0 Å². The van der Waals surface area contributed by atoms with E-state index in [0.29, 0.717) is 12.1 Å². The zero-order valence-electron chi connectivity index (χ0n) is 14.0. The smallest absolute Gasteiger partial charge is 0.251 e. The molecule has 0 saturated heterocycles. The number of carbonyl (C=O) groups excluding carboxylic acids is 1. The molecule has 3 rings (SSSR count). The molecule has 0 saturated carbocycles. The van der Waals surface area contributed by atoms with Gasteiger partial charge in [0.25, 0.3) is 5.91 Å². The lowest BCUT2D eigenvalue weighted by molar-refractivity contribution is 0.0954. The van der Waals surface area contributed by atoms with Gasteiger partial charge in [0.2, 0.25) is 5.16 Å². The molecule has 1 aromatic heterocycles. The normalized spacial score (nSPS) is 10.6. The van der Waals surface area contributed by atoms with Gasteiger partial charge in [0.1, 0.15) is 5.82 Å². The molecular formula is C19H20N4OS. The summed E-state index contributed by atoms with van der Waals surface area (Å²) in [6, 6.07) is 17.8. The van der Waals surface area contributed by atoms with Crippen LogP contribution in [0.3, 0.4) is 0 Å². The Morgan fingerprint density at radius 2 is 1.92 bits per heavy atom. The van der Waals surface area contributed by atoms with Gasteiger partial charge in [0.15, 0.2) is 0 Å². The van der Waals surface area contributed by atoms with Crippen LogP contribution in [0.25, 0.3) is 0 Å². The number of nitrogens with zero attached hydrogens (tertiary/aromatic N) is 2. The zero-order valence-corrected chi connectivity index (χ0v) is 14.8. The Morgan fingerprint density at radius 3 is 2.68 bits per heavy atom. The van der Waals surface area contributed by atoms with Crippen molar-refractivity contribution in [2.45, 2.75) is 24.3 Å². The number of aryl methyl sites for hydroxylation is 1. The van der Waals surface area contributed by atoms with Crippen molar-refractivity contribution in [2.24, 2.45) is 0 Å². The number of benzene rings is 2. The summed E-state index contributed by atoms with van der Waals surface area (Å²) in [6.45, 7) is 2.50. The van der Waals surface area contributed by atoms with Gasteiger partial charge in [-0.2, -0.15) is 0 Å². The lowest BCUT2D eigenvalue weighted by atomic mass is 10.1. The highest BCUT2D eigenvalue weighted by atomic mass is 32.2. The number of rotatable bonds is 7. The molecule has 0 bridgehead atoms. The monoisotopic (exact) mass is 352 g/mol. The maximum atomic E-state index is 12.3. The summed E-state index contributed by atoms with van der Waals surface area (Å²) in [7, 11) is 0. The largest absolute Gasteiger partial charge is 0.352 e. The second kappa shape index (κ2) is 8.48. The highest BCUT2D eigenvalue weighted by Crippen LogP contribution is 2.19. The van der Waals surface area contributed by atoms with Gasteiger partial charge < -0.3 is 5.32 Å². The average molecular weight is 352 g/mol. The second-order valence-corrected chi connectivity index (χ2v) is 6.63. The summed E-state index contributed by atoms with van der Waals surface area (Å²) >= 11 is 1.54. The first-order chi connectivity index (χ1) is 12.2. The van der Waals surface area contributed by atoms with E-state index in [1.54, 1.807) is 11.8 Å². The van der Waals surface area contributed by atoms with E-state index in [0.717, 1.165) is 28.7 Å². The van der Waals surface area contributed by atoms with E-state index in [9.17, 15) is 4.79 Å². The van der Waals surface area contributed by atoms with Gasteiger partial charge in [0.05, 0.1) is 0 Å². The predicted molar refractivity (Wildman–Crippen MR) is 99.6 cm³/mol. The van der Waals surface area contributed by atoms with Crippen LogP contribution >= 0.6 is 11.8 Å². The van der Waals surface area contributed by atoms with Gasteiger partial charge in [-0.3, -0.25) is 9.89 Å². The standard InChI is InChI=1S/C19H20N4OS/c1-14-21-19(23-22-14)25-13-16-8-5-9-17(12-16)18(24)20-11-10-15-6-3-2-4-7-15/h2-9,12H,10-11,13H2,1H3,(H,20,24)(H,21,22,23). The number of thioether (sulfide) groups is 1. The molecule has 0 aliphatic heterocycles. The molecule has 0 atom stereocenters. The minimum atomic E-state index is -0.0449. The molecule has 2 aromatic carbocycles. The van der Waals surface area contributed by atoms with Crippen LogP contribution in [-0.4, -0.2) is 27.6 Å². The Bertz CT molecular complexity index is 832. The molecule has 2 N–H and O–H groups in total. The Balaban J connectivity index is 1.52. The minimum absolute atomic E-state index is 0.0449. The molecule has 0 unspecified atom stereocenters. The average Bonchev–Trinajstić information content (AvgIpc) is 3.06. The Hall–Kier alpha value is -2.60. The molecule has 0 fully saturated rings. The van der Waals surface area contributed by atoms with Gasteiger partial charge in [-0.1, -0.05) is 54.2 Å². The summed E-state index contributed by atoms with van der Waals surface area (Å²) in [6.07, 6.45) is 0.826. The lowest BCUT2D eigenvalue weighted by Crippen LogP contribution is -2.25. The van der Waals surface area contributed by atoms with Crippen molar-refractivity contribution in [1.29, 1.82) is 0 Å². The molecule has 0 radical (unpaired) electrons. The van der Waals surface area contributed by atoms with Crippen molar-refractivity contribution in [3.05, 3.63) is 77.1 Å². The Labute approximate surface area is 151 Å². The van der Waals surface area contributed by atoms with E-state index < -0.39 is 0 Å². The van der Waals surface area contributed by atoms with Crippen molar-refractivity contribution in [2.75, 3.05) is 6.54 Å². The molecule has 5 nitrogen and oxygen atoms in total. The van der Waals surface area contributed by atoms with Crippen LogP contribution in [-0.2, 0) is 12.2 Å². The van der Waals surface area contributed by atoms with Crippen molar-refractivity contribution in [3.8, 4) is 0 Å². The molecule has 128 valence electrons. The molecule has 25 heavy (non-hydrogen) atoms. The summed E-state index contributed by atoms with van der Waals surface area (Å²) in [5, 5.41) is 10.6. The van der Waals surface area contributed by atoms with Crippen molar-refractivity contribution < 1.29 is 4.79 Å². The van der Waals surface area contributed by atoms with E-state index >= 15 is 0 Å². The number of hydrogen-bond acceptors (Lipinski definition) is 4. The van der Waals surface area contributed by atoms with Gasteiger partial charge in [-0.15, -0.1) is 5.10 Å². The molecule has 1 heterocycles. The molecule has 0 spiro atoms. The summed E-state index contributed by atoms with van der Waals surface area (Å²) < 4.78 is 0. The third-order valence-electron chi connectivity index (χ3n) is 3.68. The summed E-state index contributed by atoms with van der Waals surface area (Å²) in [5.41, 5.74) is 2.97. The molecule has 0 aliphatic rings. The molecular weight excluding hydrogens is 332 g/mol. The zero-order chi connectivity index (χ0) is 17.5. The molecule has 1 amide bonds. The third-order valence-corrected chi connectivity index (χ3v) is 4.59. The minimum Gasteiger partial charge on any atom is -0.352 e. The van der Waals surface area contributed by atoms with Gasteiger partial charge in [0, 0.05) is 17.9 Å². The topological polar surface area (TPSA) is 70.7 Å². The van der Waals surface area contributed by atoms with Crippen LogP contribution in [0.5, 0.6) is 0 Å². The van der Waals surface area contributed by atoms with Crippen LogP contribution < -0.4 is 5.32 Å². The third kappa shape index (κ3) is 5.19. The van der Waals surface area contributed by atoms with E-state index in [1.807, 2.05) is 49.4 Å². The van der Waals surface area contributed by atoms with Crippen LogP contribution in [0.2, 0.25) is 0 Å². The number of hydrogen-bond donors (Lipinski definition) is 2. The Morgan fingerprint density at radius 1 is 1.12 bits per heavy atom. The van der Waals surface area contributed by atoms with E-state index in [-0.39, 0.29) is 5.91 Å². The van der Waals surface area contributed by atoms with Crippen LogP contribution in [0.15, 0.2) is 59.8 Å². The molecule has 6 heteroatoms. The fourth-order valence-electron chi connectivity index (χ4n) is 2.40. The summed E-state index contributed by atoms with van der Waals surface area (Å²) in [5.74, 6) is 1.48. The summed E-state index contributed by atoms with van der Waals surface area (Å²) in [4.78, 5) is 16.6. The van der Waals surface area contributed by atoms with E-state index in [4.69, 9.17) is 0 Å². The molecule has 3 aromatic rings. The predicted octanol–water partition coefficient (Wildman–Crippen LogP) is 3.38. The lowest BCUT2D eigenvalue weighted by Gasteiger charge is -2.07. The number of carbonyl (C=O) groups is 1. The number of aromatic nitrogens is 3. The van der Waals surface area contributed by atoms with Gasteiger partial charge in [-0.05, 0) is 36.6 Å².